The van der Waals surface area contributed by atoms with Crippen molar-refractivity contribution in [2.24, 2.45) is 5.92 Å². The Morgan fingerprint density at radius 1 is 1.47 bits per heavy atom. The molecule has 1 N–H and O–H groups in total. The van der Waals surface area contributed by atoms with Gasteiger partial charge in [-0.05, 0) is 26.4 Å². The number of rotatable bonds is 6. The van der Waals surface area contributed by atoms with Gasteiger partial charge in [0.25, 0.3) is 0 Å². The lowest BCUT2D eigenvalue weighted by molar-refractivity contribution is 0.0374. The minimum atomic E-state index is 0.119. The van der Waals surface area contributed by atoms with E-state index in [1.165, 1.54) is 0 Å². The maximum atomic E-state index is 8.58. The summed E-state index contributed by atoms with van der Waals surface area (Å²) in [5, 5.41) is 11.9. The molecule has 1 saturated heterocycles. The molecule has 4 heteroatoms. The lowest BCUT2D eigenvalue weighted by Gasteiger charge is -2.26. The Hall–Kier alpha value is -0.630. The molecule has 1 heterocycles. The highest BCUT2D eigenvalue weighted by molar-refractivity contribution is 4.79. The van der Waals surface area contributed by atoms with Crippen molar-refractivity contribution in [1.29, 1.82) is 5.26 Å². The monoisotopic (exact) mass is 211 g/mol. The van der Waals surface area contributed by atoms with E-state index >= 15 is 0 Å². The van der Waals surface area contributed by atoms with Gasteiger partial charge in [-0.3, -0.25) is 4.90 Å². The van der Waals surface area contributed by atoms with Crippen LogP contribution in [0.15, 0.2) is 0 Å². The van der Waals surface area contributed by atoms with Gasteiger partial charge in [0.1, 0.15) is 0 Å². The molecule has 15 heavy (non-hydrogen) atoms. The van der Waals surface area contributed by atoms with Crippen LogP contribution in [-0.4, -0.2) is 50.8 Å². The fraction of sp³-hybridized carbons (Fsp3) is 0.909. The Kier molecular flexibility index (Phi) is 6.33. The molecule has 0 aromatic carbocycles. The van der Waals surface area contributed by atoms with E-state index in [9.17, 15) is 0 Å². The third-order valence-corrected chi connectivity index (χ3v) is 2.60. The predicted octanol–water partition coefficient (Wildman–Crippen LogP) is 0.458. The Bertz CT molecular complexity index is 196. The minimum absolute atomic E-state index is 0.119. The SMILES string of the molecule is CC(C#N)CNCCCN1CCOCC1. The molecule has 0 aromatic heterocycles. The molecule has 0 saturated carbocycles. The largest absolute Gasteiger partial charge is 0.379 e. The minimum Gasteiger partial charge on any atom is -0.379 e. The summed E-state index contributed by atoms with van der Waals surface area (Å²) >= 11 is 0. The second-order valence-electron chi connectivity index (χ2n) is 4.04. The molecule has 1 fully saturated rings. The van der Waals surface area contributed by atoms with Gasteiger partial charge in [-0.2, -0.15) is 5.26 Å². The fourth-order valence-electron chi connectivity index (χ4n) is 1.62. The predicted molar refractivity (Wildman–Crippen MR) is 59.5 cm³/mol. The topological polar surface area (TPSA) is 48.3 Å². The summed E-state index contributed by atoms with van der Waals surface area (Å²) in [5.41, 5.74) is 0. The van der Waals surface area contributed by atoms with Gasteiger partial charge in [0.2, 0.25) is 0 Å². The average Bonchev–Trinajstić information content (AvgIpc) is 2.29. The van der Waals surface area contributed by atoms with Crippen molar-refractivity contribution in [2.75, 3.05) is 45.9 Å². The van der Waals surface area contributed by atoms with Gasteiger partial charge in [-0.25, -0.2) is 0 Å². The highest BCUT2D eigenvalue weighted by Gasteiger charge is 2.08. The van der Waals surface area contributed by atoms with Crippen LogP contribution in [0.2, 0.25) is 0 Å². The zero-order valence-corrected chi connectivity index (χ0v) is 9.54. The first-order valence-electron chi connectivity index (χ1n) is 5.73. The molecule has 0 aromatic rings. The van der Waals surface area contributed by atoms with E-state index in [2.05, 4.69) is 16.3 Å². The number of nitriles is 1. The maximum Gasteiger partial charge on any atom is 0.0666 e. The van der Waals surface area contributed by atoms with E-state index in [1.54, 1.807) is 0 Å². The quantitative estimate of drug-likeness (QED) is 0.648. The van der Waals surface area contributed by atoms with E-state index in [0.29, 0.717) is 0 Å². The standard InChI is InChI=1S/C11H21N3O/c1-11(9-12)10-13-3-2-4-14-5-7-15-8-6-14/h11,13H,2-8,10H2,1H3. The number of nitrogens with one attached hydrogen (secondary N) is 1. The Morgan fingerprint density at radius 3 is 2.87 bits per heavy atom. The van der Waals surface area contributed by atoms with Crippen LogP contribution < -0.4 is 5.32 Å². The molecular weight excluding hydrogens is 190 g/mol. The number of nitrogens with zero attached hydrogens (tertiary/aromatic N) is 2. The van der Waals surface area contributed by atoms with E-state index in [0.717, 1.165) is 52.4 Å². The maximum absolute atomic E-state index is 8.58. The lowest BCUT2D eigenvalue weighted by Crippen LogP contribution is -2.37. The van der Waals surface area contributed by atoms with Crippen LogP contribution in [0.3, 0.4) is 0 Å². The first-order valence-corrected chi connectivity index (χ1v) is 5.73. The fourth-order valence-corrected chi connectivity index (χ4v) is 1.62. The van der Waals surface area contributed by atoms with Gasteiger partial charge in [-0.15, -0.1) is 0 Å². The third kappa shape index (κ3) is 5.73. The summed E-state index contributed by atoms with van der Waals surface area (Å²) in [6.45, 7) is 8.76. The van der Waals surface area contributed by atoms with E-state index in [4.69, 9.17) is 10.00 Å². The van der Waals surface area contributed by atoms with Crippen molar-refractivity contribution in [3.05, 3.63) is 0 Å². The molecule has 1 aliphatic rings. The smallest absolute Gasteiger partial charge is 0.0666 e. The van der Waals surface area contributed by atoms with Crippen LogP contribution in [0.25, 0.3) is 0 Å². The van der Waals surface area contributed by atoms with Gasteiger partial charge < -0.3 is 10.1 Å². The molecule has 0 radical (unpaired) electrons. The molecule has 4 nitrogen and oxygen atoms in total. The van der Waals surface area contributed by atoms with Crippen molar-refractivity contribution >= 4 is 0 Å². The summed E-state index contributed by atoms with van der Waals surface area (Å²) in [4.78, 5) is 2.43. The van der Waals surface area contributed by atoms with Gasteiger partial charge in [-0.1, -0.05) is 0 Å². The number of hydrogen-bond donors (Lipinski definition) is 1. The molecule has 0 amide bonds. The molecule has 0 spiro atoms. The van der Waals surface area contributed by atoms with Crippen LogP contribution in [0.5, 0.6) is 0 Å². The second-order valence-corrected chi connectivity index (χ2v) is 4.04. The normalized spacial score (nSPS) is 19.7. The van der Waals surface area contributed by atoms with Crippen molar-refractivity contribution in [2.45, 2.75) is 13.3 Å². The summed E-state index contributed by atoms with van der Waals surface area (Å²) in [5.74, 6) is 0.119. The average molecular weight is 211 g/mol. The van der Waals surface area contributed by atoms with Crippen molar-refractivity contribution in [3.63, 3.8) is 0 Å². The van der Waals surface area contributed by atoms with E-state index < -0.39 is 0 Å². The lowest BCUT2D eigenvalue weighted by atomic mass is 10.2. The first-order chi connectivity index (χ1) is 7.33. The Labute approximate surface area is 92.2 Å². The molecule has 86 valence electrons. The molecular formula is C11H21N3O. The van der Waals surface area contributed by atoms with Gasteiger partial charge in [0.05, 0.1) is 25.2 Å². The van der Waals surface area contributed by atoms with Gasteiger partial charge in [0.15, 0.2) is 0 Å². The Balaban J connectivity index is 1.90. The molecule has 0 aliphatic carbocycles. The van der Waals surface area contributed by atoms with Crippen LogP contribution in [0.4, 0.5) is 0 Å². The summed E-state index contributed by atoms with van der Waals surface area (Å²) in [6, 6.07) is 2.22. The summed E-state index contributed by atoms with van der Waals surface area (Å²) in [6.07, 6.45) is 1.15. The van der Waals surface area contributed by atoms with Crippen molar-refractivity contribution < 1.29 is 4.74 Å². The summed E-state index contributed by atoms with van der Waals surface area (Å²) < 4.78 is 5.28. The number of ether oxygens (including phenoxy) is 1. The van der Waals surface area contributed by atoms with Crippen molar-refractivity contribution in [1.82, 2.24) is 10.2 Å². The highest BCUT2D eigenvalue weighted by atomic mass is 16.5. The third-order valence-electron chi connectivity index (χ3n) is 2.60. The molecule has 1 aliphatic heterocycles. The van der Waals surface area contributed by atoms with Crippen LogP contribution in [-0.2, 0) is 4.74 Å². The highest BCUT2D eigenvalue weighted by Crippen LogP contribution is 1.97. The van der Waals surface area contributed by atoms with Crippen LogP contribution in [0, 0.1) is 17.2 Å². The number of hydrogen-bond acceptors (Lipinski definition) is 4. The first kappa shape index (κ1) is 12.4. The molecule has 1 unspecified atom stereocenters. The van der Waals surface area contributed by atoms with E-state index in [-0.39, 0.29) is 5.92 Å². The molecule has 1 rings (SSSR count). The molecule has 1 atom stereocenters. The second kappa shape index (κ2) is 7.63. The van der Waals surface area contributed by atoms with Crippen LogP contribution >= 0.6 is 0 Å². The van der Waals surface area contributed by atoms with Gasteiger partial charge >= 0.3 is 0 Å². The zero-order chi connectivity index (χ0) is 10.9. The zero-order valence-electron chi connectivity index (χ0n) is 9.54. The number of morpholine rings is 1. The van der Waals surface area contributed by atoms with E-state index in [1.807, 2.05) is 6.92 Å². The van der Waals surface area contributed by atoms with Crippen molar-refractivity contribution in [3.8, 4) is 6.07 Å². The molecule has 0 bridgehead atoms. The summed E-state index contributed by atoms with van der Waals surface area (Å²) in [7, 11) is 0. The van der Waals surface area contributed by atoms with Crippen LogP contribution in [0.1, 0.15) is 13.3 Å². The van der Waals surface area contributed by atoms with Gasteiger partial charge in [0, 0.05) is 19.6 Å². The Morgan fingerprint density at radius 2 is 2.20 bits per heavy atom.